The summed E-state index contributed by atoms with van der Waals surface area (Å²) >= 11 is 0. The van der Waals surface area contributed by atoms with Gasteiger partial charge in [-0.25, -0.2) is 29.9 Å². The predicted molar refractivity (Wildman–Crippen MR) is 259 cm³/mol. The van der Waals surface area contributed by atoms with Crippen LogP contribution in [0.3, 0.4) is 0 Å². The number of benzene rings is 6. The van der Waals surface area contributed by atoms with Crippen molar-refractivity contribution < 1.29 is 18.9 Å². The number of aromatic amines is 2. The van der Waals surface area contributed by atoms with Crippen LogP contribution in [-0.2, 0) is 0 Å². The van der Waals surface area contributed by atoms with Crippen LogP contribution in [-0.4, -0.2) is 39.9 Å². The maximum absolute atomic E-state index is 6.36. The van der Waals surface area contributed by atoms with Gasteiger partial charge in [0.2, 0.25) is 0 Å². The molecule has 13 rings (SSSR count). The van der Waals surface area contributed by atoms with Crippen molar-refractivity contribution in [3.8, 4) is 57.3 Å². The van der Waals surface area contributed by atoms with Crippen LogP contribution < -0.4 is 29.9 Å². The number of fused-ring (bicyclic) bond motifs is 18. The van der Waals surface area contributed by atoms with Crippen LogP contribution in [0.1, 0.15) is 23.5 Å². The second-order valence-electron chi connectivity index (χ2n) is 16.4. The van der Waals surface area contributed by atoms with Gasteiger partial charge < -0.3 is 28.9 Å². The monoisotopic (exact) mass is 884 g/mol. The fourth-order valence-corrected chi connectivity index (χ4v) is 8.78. The molecule has 0 spiro atoms. The lowest BCUT2D eigenvalue weighted by atomic mass is 9.94. The first-order valence-corrected chi connectivity index (χ1v) is 22.2. The Kier molecular flexibility index (Phi) is 9.30. The molecule has 0 radical (unpaired) electrons. The molecule has 6 aromatic carbocycles. The normalized spacial score (nSPS) is 15.9. The largest absolute Gasteiger partial charge is 0.457 e. The first-order valence-electron chi connectivity index (χ1n) is 22.2. The van der Waals surface area contributed by atoms with Crippen LogP contribution in [0.5, 0.6) is 34.5 Å². The molecule has 2 unspecified atom stereocenters. The summed E-state index contributed by atoms with van der Waals surface area (Å²) in [7, 11) is 0. The van der Waals surface area contributed by atoms with Crippen molar-refractivity contribution in [3.05, 3.63) is 228 Å². The molecule has 2 N–H and O–H groups in total. The molecule has 2 atom stereocenters. The Hall–Kier alpha value is -9.42. The third kappa shape index (κ3) is 7.31. The third-order valence-electron chi connectivity index (χ3n) is 12.0. The number of allylic oxidation sites excluding steroid dienone is 6. The Morgan fingerprint density at radius 3 is 1.62 bits per heavy atom. The number of nitrogens with one attached hydrogen (secondary N) is 2. The van der Waals surface area contributed by atoms with E-state index in [-0.39, 0.29) is 11.8 Å². The standard InChI is InChI=1S/C56H36N8O4/c1-5-13-33(14-6-1)65-37-21-25-41-45(29-37)53-57-49(41)62-54-47-31-39(67-35-17-9-3-10-18-35)23-27-43(47)51(59-54)64-56-48-32-40(68-36-19-11-4-12-20-36)24-28-44(48)52(60-56)63-55-46-30-38(66-34-15-7-2-8-16-34)22-26-42(46)50(58-55)61-53/h1-32,41-42H,(H,58,61)(H,57,59,60,62,63,64). The number of para-hydroxylation sites is 4. The minimum Gasteiger partial charge on any atom is -0.457 e. The number of ether oxygens (including phenoxy) is 4. The number of nitrogens with zero attached hydrogens (tertiary/aromatic N) is 6. The molecule has 2 aromatic heterocycles. The number of H-pyrrole nitrogens is 2. The summed E-state index contributed by atoms with van der Waals surface area (Å²) in [6.07, 6.45) is 12.0. The summed E-state index contributed by atoms with van der Waals surface area (Å²) in [5.41, 5.74) is 5.40. The summed E-state index contributed by atoms with van der Waals surface area (Å²) in [4.78, 5) is 38.6. The number of rotatable bonds is 8. The van der Waals surface area contributed by atoms with Crippen molar-refractivity contribution in [2.24, 2.45) is 0 Å². The highest BCUT2D eigenvalue weighted by Crippen LogP contribution is 2.40. The SMILES string of the molecule is C1=CC2C(=c3nc2nc2nc(nc4[nH]c(nc5[nH]c(n3)C3C=CC(Oc6ccccc6)=CC=53)c3ccc(Oc5ccccc5)cc43)-c3ccc(Oc4ccccc4)cc3-2)C=C1Oc1ccccc1. The summed E-state index contributed by atoms with van der Waals surface area (Å²) < 4.78 is 25.4. The van der Waals surface area contributed by atoms with E-state index in [9.17, 15) is 0 Å². The van der Waals surface area contributed by atoms with E-state index in [1.807, 2.05) is 188 Å². The lowest BCUT2D eigenvalue weighted by Crippen LogP contribution is -2.15. The number of hydrogen-bond donors (Lipinski definition) is 2. The summed E-state index contributed by atoms with van der Waals surface area (Å²) in [6, 6.07) is 50.5. The van der Waals surface area contributed by atoms with Gasteiger partial charge >= 0.3 is 0 Å². The number of hydrogen-bond acceptors (Lipinski definition) is 10. The molecule has 12 heteroatoms. The van der Waals surface area contributed by atoms with E-state index < -0.39 is 0 Å². The van der Waals surface area contributed by atoms with Gasteiger partial charge in [0.25, 0.3) is 0 Å². The molecule has 5 aliphatic rings. The topological polar surface area (TPSA) is 146 Å². The average molecular weight is 885 g/mol. The molecule has 2 aliphatic carbocycles. The highest BCUT2D eigenvalue weighted by Gasteiger charge is 2.30. The summed E-state index contributed by atoms with van der Waals surface area (Å²) in [5, 5.41) is 1.61. The molecule has 12 nitrogen and oxygen atoms in total. The van der Waals surface area contributed by atoms with Crippen molar-refractivity contribution in [1.82, 2.24) is 39.9 Å². The van der Waals surface area contributed by atoms with Gasteiger partial charge in [-0.15, -0.1) is 0 Å². The zero-order chi connectivity index (χ0) is 45.0. The van der Waals surface area contributed by atoms with E-state index in [2.05, 4.69) is 16.0 Å². The molecule has 5 heterocycles. The zero-order valence-electron chi connectivity index (χ0n) is 35.9. The molecule has 8 bridgehead atoms. The van der Waals surface area contributed by atoms with Crippen molar-refractivity contribution in [3.63, 3.8) is 0 Å². The molecular formula is C56H36N8O4. The quantitative estimate of drug-likeness (QED) is 0.151. The zero-order valence-corrected chi connectivity index (χ0v) is 35.9. The van der Waals surface area contributed by atoms with Gasteiger partial charge in [-0.3, -0.25) is 0 Å². The van der Waals surface area contributed by atoms with E-state index in [1.165, 1.54) is 0 Å². The molecular weight excluding hydrogens is 849 g/mol. The second kappa shape index (κ2) is 16.2. The first-order chi connectivity index (χ1) is 33.6. The Morgan fingerprint density at radius 2 is 0.956 bits per heavy atom. The van der Waals surface area contributed by atoms with Crippen molar-refractivity contribution in [1.29, 1.82) is 0 Å². The molecule has 0 amide bonds. The van der Waals surface area contributed by atoms with Crippen LogP contribution in [0, 0.1) is 0 Å². The Bertz CT molecular complexity index is 3810. The minimum atomic E-state index is -0.354. The van der Waals surface area contributed by atoms with E-state index >= 15 is 0 Å². The maximum Gasteiger partial charge on any atom is 0.164 e. The van der Waals surface area contributed by atoms with Crippen LogP contribution >= 0.6 is 0 Å². The number of aromatic nitrogens is 8. The molecule has 8 aromatic rings. The fraction of sp³-hybridized carbons (Fsp3) is 0.0357. The van der Waals surface area contributed by atoms with Crippen molar-refractivity contribution in [2.75, 3.05) is 0 Å². The maximum atomic E-state index is 6.36. The van der Waals surface area contributed by atoms with Gasteiger partial charge in [0.15, 0.2) is 17.1 Å². The predicted octanol–water partition coefficient (Wildman–Crippen LogP) is 10.6. The Labute approximate surface area is 388 Å². The Balaban J connectivity index is 1.07. The fourth-order valence-electron chi connectivity index (χ4n) is 8.78. The Morgan fingerprint density at radius 1 is 0.397 bits per heavy atom. The second-order valence-corrected chi connectivity index (χ2v) is 16.4. The van der Waals surface area contributed by atoms with Crippen molar-refractivity contribution in [2.45, 2.75) is 11.8 Å². The smallest absolute Gasteiger partial charge is 0.164 e. The van der Waals surface area contributed by atoms with Gasteiger partial charge in [-0.2, -0.15) is 0 Å². The van der Waals surface area contributed by atoms with Crippen LogP contribution in [0.25, 0.3) is 56.0 Å². The average Bonchev–Trinajstić information content (AvgIpc) is 4.10. The van der Waals surface area contributed by atoms with Crippen LogP contribution in [0.2, 0.25) is 0 Å². The lowest BCUT2D eigenvalue weighted by Gasteiger charge is -2.15. The van der Waals surface area contributed by atoms with E-state index in [0.29, 0.717) is 85.8 Å². The van der Waals surface area contributed by atoms with E-state index in [1.54, 1.807) is 0 Å². The van der Waals surface area contributed by atoms with Crippen LogP contribution in [0.15, 0.2) is 206 Å². The van der Waals surface area contributed by atoms with Gasteiger partial charge in [0.05, 0.1) is 11.8 Å². The van der Waals surface area contributed by atoms with Gasteiger partial charge in [-0.1, -0.05) is 84.9 Å². The van der Waals surface area contributed by atoms with Crippen LogP contribution in [0.4, 0.5) is 0 Å². The molecule has 324 valence electrons. The molecule has 68 heavy (non-hydrogen) atoms. The third-order valence-corrected chi connectivity index (χ3v) is 12.0. The van der Waals surface area contributed by atoms with E-state index in [0.717, 1.165) is 38.8 Å². The molecule has 0 saturated carbocycles. The summed E-state index contributed by atoms with van der Waals surface area (Å²) in [6.45, 7) is 0. The van der Waals surface area contributed by atoms with Crippen molar-refractivity contribution >= 4 is 33.2 Å². The highest BCUT2D eigenvalue weighted by atomic mass is 16.5. The van der Waals surface area contributed by atoms with E-state index in [4.69, 9.17) is 48.9 Å². The lowest BCUT2D eigenvalue weighted by molar-refractivity contribution is 0.443. The molecule has 0 fully saturated rings. The molecule has 0 saturated heterocycles. The van der Waals surface area contributed by atoms with Gasteiger partial charge in [0, 0.05) is 33.0 Å². The van der Waals surface area contributed by atoms with Gasteiger partial charge in [0.1, 0.15) is 74.4 Å². The summed E-state index contributed by atoms with van der Waals surface area (Å²) in [5.74, 6) is 6.80. The molecule has 3 aliphatic heterocycles. The minimum absolute atomic E-state index is 0.305. The first kappa shape index (κ1) is 39.0. The highest BCUT2D eigenvalue weighted by molar-refractivity contribution is 6.05. The van der Waals surface area contributed by atoms with Gasteiger partial charge in [-0.05, 0) is 109 Å².